The molecule has 4 N–H and O–H groups in total. The predicted molar refractivity (Wildman–Crippen MR) is 120 cm³/mol. The van der Waals surface area contributed by atoms with E-state index < -0.39 is 17.8 Å². The van der Waals surface area contributed by atoms with Crippen LogP contribution in [0.1, 0.15) is 17.3 Å². The van der Waals surface area contributed by atoms with E-state index in [0.717, 1.165) is 0 Å². The summed E-state index contributed by atoms with van der Waals surface area (Å²) in [5.74, 6) is -1.24. The van der Waals surface area contributed by atoms with Gasteiger partial charge < -0.3 is 20.9 Å². The number of nitrogens with one attached hydrogen (secondary N) is 2. The molecule has 2 amide bonds. The second-order valence-corrected chi connectivity index (χ2v) is 8.52. The third kappa shape index (κ3) is 3.58. The maximum absolute atomic E-state index is 14.1. The van der Waals surface area contributed by atoms with Crippen LogP contribution in [0.3, 0.4) is 0 Å². The lowest BCUT2D eigenvalue weighted by Crippen LogP contribution is -2.61. The Morgan fingerprint density at radius 1 is 1.36 bits per heavy atom. The van der Waals surface area contributed by atoms with Crippen molar-refractivity contribution in [2.45, 2.75) is 19.0 Å². The van der Waals surface area contributed by atoms with Crippen LogP contribution in [0.4, 0.5) is 4.39 Å². The first-order valence-corrected chi connectivity index (χ1v) is 10.6. The average Bonchev–Trinajstić information content (AvgIpc) is 3.32. The number of hydrogen-bond donors (Lipinski definition) is 3. The number of hydrogen-bond acceptors (Lipinski definition) is 6. The lowest BCUT2D eigenvalue weighted by atomic mass is 10.1. The van der Waals surface area contributed by atoms with E-state index in [-0.39, 0.29) is 22.5 Å². The molecule has 1 atom stereocenters. The van der Waals surface area contributed by atoms with Crippen molar-refractivity contribution in [3.05, 3.63) is 40.9 Å². The molecule has 4 aromatic rings. The van der Waals surface area contributed by atoms with Crippen LogP contribution in [0.15, 0.2) is 24.5 Å². The van der Waals surface area contributed by atoms with E-state index in [1.807, 2.05) is 0 Å². The Morgan fingerprint density at radius 2 is 2.12 bits per heavy atom. The number of aryl methyl sites for hydroxylation is 1. The Morgan fingerprint density at radius 3 is 2.85 bits per heavy atom. The van der Waals surface area contributed by atoms with Gasteiger partial charge >= 0.3 is 0 Å². The highest BCUT2D eigenvalue weighted by molar-refractivity contribution is 6.31. The van der Waals surface area contributed by atoms with Crippen molar-refractivity contribution >= 4 is 45.5 Å². The van der Waals surface area contributed by atoms with Crippen LogP contribution in [0.2, 0.25) is 5.02 Å². The molecular weight excluding hydrogens is 451 g/mol. The van der Waals surface area contributed by atoms with E-state index in [9.17, 15) is 14.0 Å². The molecule has 0 unspecified atom stereocenters. The van der Waals surface area contributed by atoms with E-state index in [1.165, 1.54) is 24.5 Å². The molecule has 1 aromatic carbocycles. The van der Waals surface area contributed by atoms with E-state index in [1.54, 1.807) is 23.6 Å². The standard InChI is InChI=1S/C21H20ClFN8O2/c1-9(21(33)31-7-10(24)8-31)27-20(32)12-5-25-19-18(12)28-15(6-26-19)17-11-3-14(23)13(22)4-16(11)30(2)29-17/h3-6,9-10H,7-8,24H2,1-2H3,(H,25,26)(H,27,32)/t9-/m1/s1. The quantitative estimate of drug-likeness (QED) is 0.414. The number of rotatable bonds is 4. The van der Waals surface area contributed by atoms with Gasteiger partial charge in [-0.15, -0.1) is 0 Å². The third-order valence-corrected chi connectivity index (χ3v) is 5.99. The molecule has 0 radical (unpaired) electrons. The summed E-state index contributed by atoms with van der Waals surface area (Å²) < 4.78 is 15.7. The van der Waals surface area contributed by atoms with Gasteiger partial charge in [0, 0.05) is 37.8 Å². The van der Waals surface area contributed by atoms with Gasteiger partial charge in [0.05, 0.1) is 22.3 Å². The second kappa shape index (κ2) is 7.78. The van der Waals surface area contributed by atoms with Crippen LogP contribution in [0.25, 0.3) is 33.5 Å². The van der Waals surface area contributed by atoms with E-state index >= 15 is 0 Å². The molecule has 0 bridgehead atoms. The highest BCUT2D eigenvalue weighted by Gasteiger charge is 2.31. The van der Waals surface area contributed by atoms with Crippen LogP contribution in [0, 0.1) is 5.82 Å². The average molecular weight is 471 g/mol. The van der Waals surface area contributed by atoms with Crippen LogP contribution in [-0.4, -0.2) is 66.6 Å². The monoisotopic (exact) mass is 470 g/mol. The van der Waals surface area contributed by atoms with Crippen LogP contribution in [0.5, 0.6) is 0 Å². The summed E-state index contributed by atoms with van der Waals surface area (Å²) in [6.07, 6.45) is 2.98. The van der Waals surface area contributed by atoms with Crippen LogP contribution in [-0.2, 0) is 11.8 Å². The molecule has 12 heteroatoms. The van der Waals surface area contributed by atoms with Crippen molar-refractivity contribution in [3.8, 4) is 11.4 Å². The number of amides is 2. The lowest BCUT2D eigenvalue weighted by molar-refractivity contribution is -0.137. The zero-order chi connectivity index (χ0) is 23.4. The number of fused-ring (bicyclic) bond motifs is 2. The Kier molecular flexibility index (Phi) is 5.02. The number of H-pyrrole nitrogens is 1. The molecule has 5 rings (SSSR count). The van der Waals surface area contributed by atoms with Gasteiger partial charge in [0.1, 0.15) is 28.8 Å². The fourth-order valence-electron chi connectivity index (χ4n) is 3.92. The molecule has 1 aliphatic heterocycles. The predicted octanol–water partition coefficient (Wildman–Crippen LogP) is 1.59. The van der Waals surface area contributed by atoms with Crippen molar-refractivity contribution in [2.24, 2.45) is 12.8 Å². The van der Waals surface area contributed by atoms with Crippen molar-refractivity contribution in [2.75, 3.05) is 13.1 Å². The number of benzene rings is 1. The molecule has 3 aromatic heterocycles. The summed E-state index contributed by atoms with van der Waals surface area (Å²) in [4.78, 5) is 38.7. The number of aromatic amines is 1. The minimum Gasteiger partial charge on any atom is -0.344 e. The summed E-state index contributed by atoms with van der Waals surface area (Å²) >= 11 is 5.91. The van der Waals surface area contributed by atoms with Gasteiger partial charge in [0.15, 0.2) is 5.65 Å². The molecule has 4 heterocycles. The molecule has 33 heavy (non-hydrogen) atoms. The smallest absolute Gasteiger partial charge is 0.255 e. The van der Waals surface area contributed by atoms with E-state index in [4.69, 9.17) is 17.3 Å². The van der Waals surface area contributed by atoms with E-state index in [2.05, 4.69) is 25.4 Å². The summed E-state index contributed by atoms with van der Waals surface area (Å²) in [7, 11) is 1.71. The maximum Gasteiger partial charge on any atom is 0.255 e. The first-order valence-electron chi connectivity index (χ1n) is 10.2. The number of nitrogens with zero attached hydrogens (tertiary/aromatic N) is 5. The highest BCUT2D eigenvalue weighted by Crippen LogP contribution is 2.31. The molecule has 1 aliphatic rings. The largest absolute Gasteiger partial charge is 0.344 e. The molecule has 0 spiro atoms. The molecule has 0 aliphatic carbocycles. The number of carbonyl (C=O) groups is 2. The highest BCUT2D eigenvalue weighted by atomic mass is 35.5. The number of carbonyl (C=O) groups excluding carboxylic acids is 2. The van der Waals surface area contributed by atoms with Crippen molar-refractivity contribution in [3.63, 3.8) is 0 Å². The second-order valence-electron chi connectivity index (χ2n) is 8.11. The summed E-state index contributed by atoms with van der Waals surface area (Å²) in [6.45, 7) is 2.57. The lowest BCUT2D eigenvalue weighted by Gasteiger charge is -2.38. The normalized spacial score (nSPS) is 15.1. The minimum atomic E-state index is -0.724. The molecule has 1 saturated heterocycles. The van der Waals surface area contributed by atoms with Crippen LogP contribution < -0.4 is 11.1 Å². The van der Waals surface area contributed by atoms with Gasteiger partial charge in [-0.25, -0.2) is 14.4 Å². The fourth-order valence-corrected chi connectivity index (χ4v) is 4.08. The van der Waals surface area contributed by atoms with Gasteiger partial charge in [-0.3, -0.25) is 14.3 Å². The number of aromatic nitrogens is 5. The zero-order valence-corrected chi connectivity index (χ0v) is 18.5. The Hall–Kier alpha value is -3.57. The van der Waals surface area contributed by atoms with Gasteiger partial charge in [0.25, 0.3) is 5.91 Å². The zero-order valence-electron chi connectivity index (χ0n) is 17.8. The van der Waals surface area contributed by atoms with Crippen molar-refractivity contribution in [1.82, 2.24) is 34.9 Å². The number of nitrogens with two attached hydrogens (primary N) is 1. The Labute approximate surface area is 191 Å². The molecular formula is C21H20ClFN8O2. The SMILES string of the molecule is C[C@@H](NC(=O)c1c[nH]c2ncc(-c3nn(C)c4cc(Cl)c(F)cc34)nc12)C(=O)N1CC(N)C1. The van der Waals surface area contributed by atoms with Crippen molar-refractivity contribution in [1.29, 1.82) is 0 Å². The minimum absolute atomic E-state index is 0.00736. The Bertz CT molecular complexity index is 1420. The van der Waals surface area contributed by atoms with Gasteiger partial charge in [-0.1, -0.05) is 11.6 Å². The summed E-state index contributed by atoms with van der Waals surface area (Å²) in [5, 5.41) is 7.65. The summed E-state index contributed by atoms with van der Waals surface area (Å²) in [5.41, 5.74) is 8.06. The van der Waals surface area contributed by atoms with E-state index in [0.29, 0.717) is 46.5 Å². The van der Waals surface area contributed by atoms with Gasteiger partial charge in [-0.05, 0) is 19.1 Å². The molecule has 170 valence electrons. The third-order valence-electron chi connectivity index (χ3n) is 5.70. The topological polar surface area (TPSA) is 135 Å². The first kappa shape index (κ1) is 21.3. The Balaban J connectivity index is 1.47. The molecule has 1 fully saturated rings. The fraction of sp³-hybridized carbons (Fsp3) is 0.286. The first-order chi connectivity index (χ1) is 15.7. The van der Waals surface area contributed by atoms with Crippen molar-refractivity contribution < 1.29 is 14.0 Å². The van der Waals surface area contributed by atoms with Gasteiger partial charge in [-0.2, -0.15) is 5.10 Å². The summed E-state index contributed by atoms with van der Waals surface area (Å²) in [6, 6.07) is 2.05. The number of halogens is 2. The molecule has 0 saturated carbocycles. The maximum atomic E-state index is 14.1. The van der Waals surface area contributed by atoms with Crippen LogP contribution >= 0.6 is 11.6 Å². The molecule has 10 nitrogen and oxygen atoms in total. The number of likely N-dealkylation sites (tertiary alicyclic amines) is 1. The van der Waals surface area contributed by atoms with Gasteiger partial charge in [0.2, 0.25) is 5.91 Å².